The summed E-state index contributed by atoms with van der Waals surface area (Å²) < 4.78 is 47.3. The van der Waals surface area contributed by atoms with Gasteiger partial charge >= 0.3 is 6.18 Å². The van der Waals surface area contributed by atoms with Crippen LogP contribution in [0.4, 0.5) is 24.5 Å². The molecule has 1 saturated carbocycles. The van der Waals surface area contributed by atoms with Crippen molar-refractivity contribution in [1.29, 1.82) is 5.26 Å². The van der Waals surface area contributed by atoms with Crippen molar-refractivity contribution in [2.45, 2.75) is 115 Å². The predicted molar refractivity (Wildman–Crippen MR) is 207 cm³/mol. The Balaban J connectivity index is 0.918. The van der Waals surface area contributed by atoms with Crippen LogP contribution in [0.1, 0.15) is 95.5 Å². The number of anilines is 2. The molecule has 2 aromatic heterocycles. The number of ether oxygens (including phenoxy) is 1. The van der Waals surface area contributed by atoms with E-state index >= 15 is 0 Å². The van der Waals surface area contributed by atoms with Crippen LogP contribution in [0.5, 0.6) is 0 Å². The maximum atomic E-state index is 13.7. The zero-order chi connectivity index (χ0) is 41.2. The molecule has 57 heavy (non-hydrogen) atoms. The number of pyridine rings is 2. The lowest BCUT2D eigenvalue weighted by Crippen LogP contribution is -2.58. The van der Waals surface area contributed by atoms with Crippen LogP contribution in [0.2, 0.25) is 0 Å². The van der Waals surface area contributed by atoms with Gasteiger partial charge < -0.3 is 19.9 Å². The van der Waals surface area contributed by atoms with Crippen LogP contribution in [0, 0.1) is 11.3 Å². The highest BCUT2D eigenvalue weighted by molar-refractivity contribution is 7.80. The van der Waals surface area contributed by atoms with E-state index in [1.807, 2.05) is 4.90 Å². The van der Waals surface area contributed by atoms with Gasteiger partial charge in [0.1, 0.15) is 11.6 Å². The number of nitriles is 1. The summed E-state index contributed by atoms with van der Waals surface area (Å²) >= 11 is 5.70. The molecule has 5 heterocycles. The summed E-state index contributed by atoms with van der Waals surface area (Å²) in [6.45, 7) is 10.9. The second-order valence-electron chi connectivity index (χ2n) is 15.9. The second kappa shape index (κ2) is 17.1. The van der Waals surface area contributed by atoms with Crippen LogP contribution >= 0.6 is 12.2 Å². The predicted octanol–water partition coefficient (Wildman–Crippen LogP) is 4.35. The van der Waals surface area contributed by atoms with Gasteiger partial charge in [0.05, 0.1) is 53.6 Å². The lowest BCUT2D eigenvalue weighted by atomic mass is 9.89. The van der Waals surface area contributed by atoms with Crippen molar-refractivity contribution < 1.29 is 37.1 Å². The number of nitrogens with zero attached hydrogens (tertiary/aromatic N) is 7. The Morgan fingerprint density at radius 1 is 1.07 bits per heavy atom. The molecule has 3 aliphatic heterocycles. The number of carbonyl (C=O) groups is 4. The summed E-state index contributed by atoms with van der Waals surface area (Å²) in [4.78, 5) is 65.8. The molecule has 0 spiro atoms. The van der Waals surface area contributed by atoms with Crippen LogP contribution in [0.3, 0.4) is 0 Å². The minimum absolute atomic E-state index is 0.0430. The highest BCUT2D eigenvalue weighted by atomic mass is 32.1. The number of amides is 4. The molecule has 3 saturated heterocycles. The third-order valence-electron chi connectivity index (χ3n) is 11.4. The first-order valence-electron chi connectivity index (χ1n) is 19.3. The number of thiocarbonyl (C=S) groups is 1. The average molecular weight is 812 g/mol. The maximum absolute atomic E-state index is 13.7. The minimum Gasteiger partial charge on any atom is -0.378 e. The number of hydrogen-bond acceptors (Lipinski definition) is 11. The molecule has 2 aromatic rings. The number of hydrogen-bond donors (Lipinski definition) is 2. The first kappa shape index (κ1) is 42.0. The summed E-state index contributed by atoms with van der Waals surface area (Å²) in [6, 6.07) is 5.84. The van der Waals surface area contributed by atoms with E-state index in [-0.39, 0.29) is 65.7 Å². The van der Waals surface area contributed by atoms with Gasteiger partial charge in [-0.15, -0.1) is 0 Å². The molecule has 4 fully saturated rings. The van der Waals surface area contributed by atoms with Crippen molar-refractivity contribution in [2.75, 3.05) is 43.0 Å². The van der Waals surface area contributed by atoms with E-state index in [2.05, 4.69) is 44.2 Å². The molecular weight excluding hydrogens is 764 g/mol. The molecule has 14 nitrogen and oxygen atoms in total. The van der Waals surface area contributed by atoms with E-state index in [4.69, 9.17) is 22.2 Å². The highest BCUT2D eigenvalue weighted by Gasteiger charge is 2.53. The molecule has 306 valence electrons. The SMILES string of the molecule is C[C@@H]1CN(CCCO[C@H]2CC[C@H](N3C(=S)N(c4cnc(C#N)c(C(F)(F)F)c4)C(=O)C3(C)C)CC2)C[C@H](C)N1CC(=O)Nc1ccc(C2CCC(=O)NC2=O)nc1. The van der Waals surface area contributed by atoms with Gasteiger partial charge in [0.25, 0.3) is 5.91 Å². The number of imide groups is 1. The molecule has 0 aromatic carbocycles. The third kappa shape index (κ3) is 9.27. The van der Waals surface area contributed by atoms with Gasteiger partial charge in [0, 0.05) is 50.8 Å². The fraction of sp³-hybridized carbons (Fsp3) is 0.590. The lowest BCUT2D eigenvalue weighted by Gasteiger charge is -2.44. The molecule has 0 bridgehead atoms. The molecule has 1 aliphatic carbocycles. The first-order valence-corrected chi connectivity index (χ1v) is 19.7. The number of nitrogens with one attached hydrogen (secondary N) is 2. The van der Waals surface area contributed by atoms with Crippen LogP contribution in [-0.2, 0) is 30.1 Å². The van der Waals surface area contributed by atoms with Crippen LogP contribution in [0.15, 0.2) is 30.6 Å². The van der Waals surface area contributed by atoms with E-state index in [1.54, 1.807) is 26.0 Å². The number of aromatic nitrogens is 2. The summed E-state index contributed by atoms with van der Waals surface area (Å²) in [6.07, 6.45) is 2.25. The normalized spacial score (nSPS) is 26.0. The Hall–Kier alpha value is -4.57. The largest absolute Gasteiger partial charge is 0.419 e. The van der Waals surface area contributed by atoms with Crippen molar-refractivity contribution in [3.8, 4) is 6.07 Å². The van der Waals surface area contributed by atoms with Gasteiger partial charge in [0.2, 0.25) is 17.7 Å². The van der Waals surface area contributed by atoms with Crippen molar-refractivity contribution in [2.24, 2.45) is 0 Å². The second-order valence-corrected chi connectivity index (χ2v) is 16.2. The third-order valence-corrected chi connectivity index (χ3v) is 11.8. The van der Waals surface area contributed by atoms with Crippen molar-refractivity contribution in [3.63, 3.8) is 0 Å². The highest BCUT2D eigenvalue weighted by Crippen LogP contribution is 2.40. The van der Waals surface area contributed by atoms with Gasteiger partial charge in [-0.25, -0.2) is 4.98 Å². The van der Waals surface area contributed by atoms with Crippen LogP contribution < -0.4 is 15.5 Å². The monoisotopic (exact) mass is 811 g/mol. The number of rotatable bonds is 11. The number of halogens is 3. The van der Waals surface area contributed by atoms with E-state index < -0.39 is 34.8 Å². The van der Waals surface area contributed by atoms with E-state index in [1.165, 1.54) is 12.3 Å². The number of alkyl halides is 3. The van der Waals surface area contributed by atoms with Gasteiger partial charge in [-0.3, -0.25) is 39.3 Å². The van der Waals surface area contributed by atoms with E-state index in [0.29, 0.717) is 37.3 Å². The first-order chi connectivity index (χ1) is 27.0. The van der Waals surface area contributed by atoms with Gasteiger partial charge in [0.15, 0.2) is 10.8 Å². The Morgan fingerprint density at radius 3 is 2.39 bits per heavy atom. The van der Waals surface area contributed by atoms with Crippen molar-refractivity contribution in [3.05, 3.63) is 47.5 Å². The Kier molecular flexibility index (Phi) is 12.6. The molecule has 18 heteroatoms. The summed E-state index contributed by atoms with van der Waals surface area (Å²) in [7, 11) is 0. The van der Waals surface area contributed by atoms with Gasteiger partial charge in [-0.1, -0.05) is 0 Å². The number of piperazine rings is 1. The molecule has 1 unspecified atom stereocenters. The molecule has 2 N–H and O–H groups in total. The van der Waals surface area contributed by atoms with Crippen molar-refractivity contribution in [1.82, 2.24) is 30.0 Å². The molecule has 0 radical (unpaired) electrons. The zero-order valence-corrected chi connectivity index (χ0v) is 33.3. The maximum Gasteiger partial charge on any atom is 0.419 e. The fourth-order valence-corrected chi connectivity index (χ4v) is 9.09. The molecule has 4 aliphatic rings. The fourth-order valence-electron chi connectivity index (χ4n) is 8.53. The Bertz CT molecular complexity index is 1900. The van der Waals surface area contributed by atoms with Crippen LogP contribution in [0.25, 0.3) is 0 Å². The summed E-state index contributed by atoms with van der Waals surface area (Å²) in [5, 5.41) is 14.5. The van der Waals surface area contributed by atoms with E-state index in [9.17, 15) is 32.3 Å². The molecular formula is C39H48F3N9O5S. The quantitative estimate of drug-likeness (QED) is 0.188. The summed E-state index contributed by atoms with van der Waals surface area (Å²) in [5.41, 5.74) is -2.09. The molecule has 4 amide bonds. The molecule has 6 rings (SSSR count). The zero-order valence-electron chi connectivity index (χ0n) is 32.5. The summed E-state index contributed by atoms with van der Waals surface area (Å²) in [5.74, 6) is -1.72. The number of piperidine rings is 1. The topological polar surface area (TPSA) is 164 Å². The Labute approximate surface area is 335 Å². The smallest absolute Gasteiger partial charge is 0.378 e. The molecule has 3 atom stereocenters. The average Bonchev–Trinajstić information content (AvgIpc) is 3.33. The van der Waals surface area contributed by atoms with Gasteiger partial charge in [-0.05, 0) is 96.6 Å². The number of carbonyl (C=O) groups excluding carboxylic acids is 4. The standard InChI is InChI=1S/C39H48F3N9O5S/c1-23-20-48(21-24(2)49(23)22-34(53)46-25-6-12-31(44-18-25)29-11-13-33(52)47-35(29)54)14-5-15-56-28-9-7-26(8-10-28)51-37(57)50(36(55)38(51,3)4)27-16-30(39(40,41)42)32(17-43)45-19-27/h6,12,16,18-19,23-24,26,28-29H,5,7-11,13-15,20-22H2,1-4H3,(H,46,53)(H,47,52,54)/t23-,24+,26-,28-,29?. The minimum atomic E-state index is -4.82. The van der Waals surface area contributed by atoms with E-state index in [0.717, 1.165) is 56.1 Å². The van der Waals surface area contributed by atoms with Gasteiger partial charge in [-0.2, -0.15) is 18.4 Å². The lowest BCUT2D eigenvalue weighted by molar-refractivity contribution is -0.138. The van der Waals surface area contributed by atoms with Crippen molar-refractivity contribution >= 4 is 52.3 Å². The van der Waals surface area contributed by atoms with Crippen LogP contribution in [-0.4, -0.2) is 116 Å². The Morgan fingerprint density at radius 2 is 1.77 bits per heavy atom.